The summed E-state index contributed by atoms with van der Waals surface area (Å²) in [7, 11) is 0. The van der Waals surface area contributed by atoms with Crippen molar-refractivity contribution in [3.8, 4) is 16.9 Å². The smallest absolute Gasteiger partial charge is 0.328 e. The molecule has 10 nitrogen and oxygen atoms in total. The lowest BCUT2D eigenvalue weighted by atomic mass is 9.92. The van der Waals surface area contributed by atoms with Gasteiger partial charge in [0.25, 0.3) is 0 Å². The van der Waals surface area contributed by atoms with Crippen LogP contribution in [0.5, 0.6) is 5.75 Å². The first kappa shape index (κ1) is 30.5. The van der Waals surface area contributed by atoms with Crippen LogP contribution < -0.4 is 20.3 Å². The summed E-state index contributed by atoms with van der Waals surface area (Å²) in [5, 5.41) is 10.1. The number of ether oxygens (including phenoxy) is 2. The van der Waals surface area contributed by atoms with E-state index in [0.29, 0.717) is 56.5 Å². The molecule has 2 fully saturated rings. The number of aromatic nitrogens is 2. The van der Waals surface area contributed by atoms with Gasteiger partial charge in [0, 0.05) is 42.5 Å². The van der Waals surface area contributed by atoms with Crippen molar-refractivity contribution in [3.63, 3.8) is 0 Å². The van der Waals surface area contributed by atoms with Crippen molar-refractivity contribution in [2.45, 2.75) is 58.0 Å². The molecule has 1 saturated carbocycles. The van der Waals surface area contributed by atoms with Crippen LogP contribution in [0.3, 0.4) is 0 Å². The fraction of sp³-hybridized carbons (Fsp3) is 0.351. The van der Waals surface area contributed by atoms with E-state index in [1.165, 1.54) is 11.1 Å². The number of urea groups is 1. The number of esters is 1. The number of nitrogens with zero attached hydrogens (tertiary/aromatic N) is 3. The van der Waals surface area contributed by atoms with Crippen molar-refractivity contribution in [3.05, 3.63) is 95.3 Å². The Morgan fingerprint density at radius 3 is 2.79 bits per heavy atom. The Kier molecular flexibility index (Phi) is 8.41. The SMILES string of the molecule is Cc1cccc(OCCCC(=O)N2C[C@@H]3C[C@@H]3c3c(-c4cnn(Cc5cccc(NC(=O)N[C@H]6CCOC6=O)c5)c4)cccc32)c1C. The van der Waals surface area contributed by atoms with Crippen molar-refractivity contribution in [2.75, 3.05) is 30.0 Å². The maximum absolute atomic E-state index is 13.5. The molecule has 0 spiro atoms. The van der Waals surface area contributed by atoms with Crippen LogP contribution in [0, 0.1) is 19.8 Å². The lowest BCUT2D eigenvalue weighted by Gasteiger charge is -2.30. The first-order valence-electron chi connectivity index (χ1n) is 16.3. The highest BCUT2D eigenvalue weighted by Crippen LogP contribution is 2.57. The summed E-state index contributed by atoms with van der Waals surface area (Å²) in [6.07, 6.45) is 6.58. The first-order chi connectivity index (χ1) is 22.8. The van der Waals surface area contributed by atoms with Crippen LogP contribution in [-0.2, 0) is 20.9 Å². The Morgan fingerprint density at radius 2 is 1.94 bits per heavy atom. The Labute approximate surface area is 274 Å². The van der Waals surface area contributed by atoms with Gasteiger partial charge in [-0.05, 0) is 90.6 Å². The second-order valence-corrected chi connectivity index (χ2v) is 12.7. The minimum absolute atomic E-state index is 0.138. The molecule has 7 rings (SSSR count). The van der Waals surface area contributed by atoms with Crippen molar-refractivity contribution in [1.29, 1.82) is 0 Å². The molecule has 3 amide bonds. The van der Waals surface area contributed by atoms with Crippen LogP contribution in [0.2, 0.25) is 0 Å². The molecular weight excluding hydrogens is 594 g/mol. The number of anilines is 2. The molecule has 3 atom stereocenters. The van der Waals surface area contributed by atoms with Gasteiger partial charge in [-0.1, -0.05) is 36.4 Å². The number of amides is 3. The molecule has 3 aliphatic rings. The molecule has 242 valence electrons. The molecule has 1 aromatic heterocycles. The number of benzene rings is 3. The zero-order chi connectivity index (χ0) is 32.5. The van der Waals surface area contributed by atoms with E-state index in [0.717, 1.165) is 46.7 Å². The van der Waals surface area contributed by atoms with Gasteiger partial charge in [0.2, 0.25) is 5.91 Å². The molecule has 0 radical (unpaired) electrons. The summed E-state index contributed by atoms with van der Waals surface area (Å²) >= 11 is 0. The van der Waals surface area contributed by atoms with Crippen LogP contribution in [0.25, 0.3) is 11.1 Å². The Morgan fingerprint density at radius 1 is 1.09 bits per heavy atom. The molecule has 3 aromatic carbocycles. The molecule has 2 aliphatic heterocycles. The van der Waals surface area contributed by atoms with E-state index in [9.17, 15) is 14.4 Å². The summed E-state index contributed by atoms with van der Waals surface area (Å²) in [6, 6.07) is 18.8. The van der Waals surface area contributed by atoms with E-state index < -0.39 is 18.0 Å². The second-order valence-electron chi connectivity index (χ2n) is 12.7. The van der Waals surface area contributed by atoms with E-state index in [2.05, 4.69) is 47.8 Å². The number of fused-ring (bicyclic) bond motifs is 3. The van der Waals surface area contributed by atoms with Gasteiger partial charge < -0.3 is 25.0 Å². The molecule has 10 heteroatoms. The number of aryl methyl sites for hydroxylation is 1. The third-order valence-electron chi connectivity index (χ3n) is 9.45. The fourth-order valence-corrected chi connectivity index (χ4v) is 6.70. The number of hydrogen-bond donors (Lipinski definition) is 2. The van der Waals surface area contributed by atoms with Gasteiger partial charge in [0.1, 0.15) is 11.8 Å². The largest absolute Gasteiger partial charge is 0.493 e. The van der Waals surface area contributed by atoms with Crippen LogP contribution in [0.4, 0.5) is 16.2 Å². The van der Waals surface area contributed by atoms with Crippen LogP contribution in [0.15, 0.2) is 73.1 Å². The van der Waals surface area contributed by atoms with E-state index in [1.54, 1.807) is 6.07 Å². The van der Waals surface area contributed by atoms with Crippen LogP contribution in [0.1, 0.15) is 53.9 Å². The third kappa shape index (κ3) is 6.58. The van der Waals surface area contributed by atoms with Crippen molar-refractivity contribution in [2.24, 2.45) is 5.92 Å². The quantitative estimate of drug-likeness (QED) is 0.165. The molecule has 47 heavy (non-hydrogen) atoms. The van der Waals surface area contributed by atoms with Crippen LogP contribution in [-0.4, -0.2) is 53.5 Å². The van der Waals surface area contributed by atoms with Gasteiger partial charge in [0.05, 0.1) is 26.0 Å². The third-order valence-corrected chi connectivity index (χ3v) is 9.45. The molecule has 1 aliphatic carbocycles. The zero-order valence-electron chi connectivity index (χ0n) is 26.7. The normalized spacial score (nSPS) is 19.4. The molecular formula is C37H39N5O5. The van der Waals surface area contributed by atoms with Gasteiger partial charge in [-0.15, -0.1) is 0 Å². The van der Waals surface area contributed by atoms with Gasteiger partial charge in [-0.25, -0.2) is 9.59 Å². The Balaban J connectivity index is 1.00. The Bertz CT molecular complexity index is 1830. The summed E-state index contributed by atoms with van der Waals surface area (Å²) in [6.45, 7) is 6.24. The Hall–Kier alpha value is -5.12. The number of rotatable bonds is 10. The second kappa shape index (κ2) is 12.9. The van der Waals surface area contributed by atoms with E-state index in [1.807, 2.05) is 58.4 Å². The van der Waals surface area contributed by atoms with E-state index >= 15 is 0 Å². The summed E-state index contributed by atoms with van der Waals surface area (Å²) in [4.78, 5) is 39.6. The number of carbonyl (C=O) groups is 3. The number of nitrogens with one attached hydrogen (secondary N) is 2. The average Bonchev–Trinajstić information content (AvgIpc) is 3.53. The number of carbonyl (C=O) groups excluding carboxylic acids is 3. The van der Waals surface area contributed by atoms with Gasteiger partial charge in [-0.3, -0.25) is 9.48 Å². The monoisotopic (exact) mass is 633 g/mol. The predicted molar refractivity (Wildman–Crippen MR) is 179 cm³/mol. The molecule has 4 aromatic rings. The lowest BCUT2D eigenvalue weighted by Crippen LogP contribution is -2.40. The highest BCUT2D eigenvalue weighted by molar-refractivity contribution is 5.97. The molecule has 0 bridgehead atoms. The first-order valence-corrected chi connectivity index (χ1v) is 16.3. The molecule has 3 heterocycles. The minimum Gasteiger partial charge on any atom is -0.493 e. The predicted octanol–water partition coefficient (Wildman–Crippen LogP) is 5.96. The summed E-state index contributed by atoms with van der Waals surface area (Å²) in [5.74, 6) is 1.56. The maximum Gasteiger partial charge on any atom is 0.328 e. The topological polar surface area (TPSA) is 115 Å². The average molecular weight is 634 g/mol. The number of cyclic esters (lactones) is 1. The van der Waals surface area contributed by atoms with Crippen molar-refractivity contribution >= 4 is 29.3 Å². The highest BCUT2D eigenvalue weighted by Gasteiger charge is 2.47. The summed E-state index contributed by atoms with van der Waals surface area (Å²) < 4.78 is 12.8. The lowest BCUT2D eigenvalue weighted by molar-refractivity contribution is -0.139. The minimum atomic E-state index is -0.617. The van der Waals surface area contributed by atoms with E-state index in [-0.39, 0.29) is 5.91 Å². The molecule has 2 N–H and O–H groups in total. The summed E-state index contributed by atoms with van der Waals surface area (Å²) in [5.41, 5.74) is 8.31. The fourth-order valence-electron chi connectivity index (χ4n) is 6.70. The van der Waals surface area contributed by atoms with Gasteiger partial charge in [-0.2, -0.15) is 5.10 Å². The molecule has 1 saturated heterocycles. The van der Waals surface area contributed by atoms with Crippen molar-refractivity contribution < 1.29 is 23.9 Å². The van der Waals surface area contributed by atoms with Gasteiger partial charge in [0.15, 0.2) is 0 Å². The van der Waals surface area contributed by atoms with Crippen LogP contribution >= 0.6 is 0 Å². The van der Waals surface area contributed by atoms with Gasteiger partial charge >= 0.3 is 12.0 Å². The van der Waals surface area contributed by atoms with E-state index in [4.69, 9.17) is 9.47 Å². The molecule has 0 unspecified atom stereocenters. The number of hydrogen-bond acceptors (Lipinski definition) is 6. The highest BCUT2D eigenvalue weighted by atomic mass is 16.5. The standard InChI is InChI=1S/C37H39N5O5/c1-23-7-3-12-33(24(23)2)46-15-6-13-34(43)42-22-26-18-30(26)35-29(10-5-11-32(35)42)27-19-38-41(21-27)20-25-8-4-9-28(17-25)39-37(45)40-31-14-16-47-36(31)44/h3-5,7-12,17,19,21,26,30-31H,6,13-16,18,20,22H2,1-2H3,(H2,39,40,45)/t26-,30-,31-/m0/s1. The maximum atomic E-state index is 13.5. The van der Waals surface area contributed by atoms with Crippen molar-refractivity contribution in [1.82, 2.24) is 15.1 Å². The zero-order valence-corrected chi connectivity index (χ0v) is 26.7.